The highest BCUT2D eigenvalue weighted by atomic mass is 127. The first-order chi connectivity index (χ1) is 6.16. The van der Waals surface area contributed by atoms with Gasteiger partial charge in [0.15, 0.2) is 0 Å². The molecule has 13 heavy (non-hydrogen) atoms. The average molecular weight is 295 g/mol. The summed E-state index contributed by atoms with van der Waals surface area (Å²) in [6, 6.07) is 4.53. The lowest BCUT2D eigenvalue weighted by atomic mass is 10.1. The second-order valence-electron chi connectivity index (χ2n) is 2.76. The molecule has 4 heteroatoms. The zero-order valence-electron chi connectivity index (χ0n) is 7.00. The topological polar surface area (TPSA) is 46.2 Å². The number of benzene rings is 1. The van der Waals surface area contributed by atoms with Gasteiger partial charge in [-0.2, -0.15) is 0 Å². The van der Waals surface area contributed by atoms with Gasteiger partial charge in [0.1, 0.15) is 5.82 Å². The summed E-state index contributed by atoms with van der Waals surface area (Å²) in [4.78, 5) is 0. The van der Waals surface area contributed by atoms with Crippen LogP contribution in [0.5, 0.6) is 0 Å². The Labute approximate surface area is 90.1 Å². The fourth-order valence-corrected chi connectivity index (χ4v) is 1.86. The number of aliphatic hydroxyl groups is 1. The first-order valence-electron chi connectivity index (χ1n) is 3.97. The molecule has 0 bridgehead atoms. The Hall–Kier alpha value is -0.200. The molecule has 0 aliphatic rings. The van der Waals surface area contributed by atoms with E-state index in [1.165, 1.54) is 6.07 Å². The van der Waals surface area contributed by atoms with Crippen LogP contribution in [-0.2, 0) is 0 Å². The number of halogens is 2. The molecule has 1 aromatic rings. The van der Waals surface area contributed by atoms with Crippen LogP contribution in [0.25, 0.3) is 0 Å². The summed E-state index contributed by atoms with van der Waals surface area (Å²) in [5, 5.41) is 8.68. The minimum atomic E-state index is -0.285. The Balaban J connectivity index is 2.93. The van der Waals surface area contributed by atoms with Crippen molar-refractivity contribution in [1.29, 1.82) is 0 Å². The monoisotopic (exact) mass is 295 g/mol. The molecule has 0 aliphatic heterocycles. The summed E-state index contributed by atoms with van der Waals surface area (Å²) in [5.41, 5.74) is 6.50. The van der Waals surface area contributed by atoms with Crippen molar-refractivity contribution in [3.05, 3.63) is 33.1 Å². The summed E-state index contributed by atoms with van der Waals surface area (Å²) >= 11 is 1.92. The van der Waals surface area contributed by atoms with Gasteiger partial charge in [0.2, 0.25) is 0 Å². The highest BCUT2D eigenvalue weighted by molar-refractivity contribution is 14.1. The molecule has 2 nitrogen and oxygen atoms in total. The summed E-state index contributed by atoms with van der Waals surface area (Å²) in [6.07, 6.45) is 0.458. The van der Waals surface area contributed by atoms with Crippen LogP contribution in [-0.4, -0.2) is 11.7 Å². The van der Waals surface area contributed by atoms with Gasteiger partial charge in [0.25, 0.3) is 0 Å². The van der Waals surface area contributed by atoms with Crippen LogP contribution in [0.15, 0.2) is 18.2 Å². The van der Waals surface area contributed by atoms with Crippen molar-refractivity contribution < 1.29 is 9.50 Å². The van der Waals surface area contributed by atoms with E-state index in [2.05, 4.69) is 0 Å². The van der Waals surface area contributed by atoms with E-state index in [1.54, 1.807) is 12.1 Å². The van der Waals surface area contributed by atoms with E-state index in [1.807, 2.05) is 22.6 Å². The second kappa shape index (κ2) is 4.88. The summed E-state index contributed by atoms with van der Waals surface area (Å²) in [5.74, 6) is -0.258. The Morgan fingerprint density at radius 2 is 2.23 bits per heavy atom. The maximum Gasteiger partial charge on any atom is 0.136 e. The normalized spacial score (nSPS) is 12.9. The van der Waals surface area contributed by atoms with E-state index >= 15 is 0 Å². The lowest BCUT2D eigenvalue weighted by Crippen LogP contribution is -2.13. The molecule has 0 unspecified atom stereocenters. The molecule has 0 aromatic heterocycles. The van der Waals surface area contributed by atoms with Crippen molar-refractivity contribution >= 4 is 22.6 Å². The van der Waals surface area contributed by atoms with Gasteiger partial charge in [0.05, 0.1) is 3.57 Å². The summed E-state index contributed by atoms with van der Waals surface area (Å²) in [6.45, 7) is 0.0216. The molecule has 0 saturated carbocycles. The van der Waals surface area contributed by atoms with Crippen molar-refractivity contribution in [3.8, 4) is 0 Å². The largest absolute Gasteiger partial charge is 0.396 e. The number of aliphatic hydroxyl groups excluding tert-OH is 1. The number of rotatable bonds is 3. The number of hydrogen-bond acceptors (Lipinski definition) is 2. The van der Waals surface area contributed by atoms with Gasteiger partial charge in [-0.25, -0.2) is 4.39 Å². The van der Waals surface area contributed by atoms with Gasteiger partial charge in [-0.15, -0.1) is 0 Å². The van der Waals surface area contributed by atoms with Gasteiger partial charge >= 0.3 is 0 Å². The quantitative estimate of drug-likeness (QED) is 0.836. The van der Waals surface area contributed by atoms with E-state index in [0.717, 1.165) is 5.56 Å². The second-order valence-corrected chi connectivity index (χ2v) is 3.84. The first kappa shape index (κ1) is 10.9. The van der Waals surface area contributed by atoms with Gasteiger partial charge in [-0.1, -0.05) is 12.1 Å². The van der Waals surface area contributed by atoms with E-state index in [0.29, 0.717) is 9.99 Å². The van der Waals surface area contributed by atoms with E-state index in [9.17, 15) is 4.39 Å². The number of hydrogen-bond donors (Lipinski definition) is 2. The van der Waals surface area contributed by atoms with Crippen LogP contribution >= 0.6 is 22.6 Å². The molecule has 0 amide bonds. The molecular weight excluding hydrogens is 284 g/mol. The van der Waals surface area contributed by atoms with Crippen molar-refractivity contribution in [2.45, 2.75) is 12.5 Å². The lowest BCUT2D eigenvalue weighted by molar-refractivity contribution is 0.276. The van der Waals surface area contributed by atoms with Gasteiger partial charge < -0.3 is 10.8 Å². The molecule has 1 rings (SSSR count). The van der Waals surface area contributed by atoms with Crippen LogP contribution < -0.4 is 5.73 Å². The van der Waals surface area contributed by atoms with Crippen LogP contribution in [0.4, 0.5) is 4.39 Å². The van der Waals surface area contributed by atoms with E-state index in [-0.39, 0.29) is 18.5 Å². The molecule has 0 fully saturated rings. The summed E-state index contributed by atoms with van der Waals surface area (Å²) < 4.78 is 13.6. The Morgan fingerprint density at radius 3 is 2.85 bits per heavy atom. The lowest BCUT2D eigenvalue weighted by Gasteiger charge is -2.12. The molecule has 3 N–H and O–H groups in total. The first-order valence-corrected chi connectivity index (χ1v) is 5.05. The van der Waals surface area contributed by atoms with Crippen LogP contribution in [0.3, 0.4) is 0 Å². The number of nitrogens with two attached hydrogens (primary N) is 1. The van der Waals surface area contributed by atoms with Gasteiger partial charge in [-0.05, 0) is 40.6 Å². The SMILES string of the molecule is N[C@H](CCO)c1cccc(F)c1I. The van der Waals surface area contributed by atoms with Crippen molar-refractivity contribution in [1.82, 2.24) is 0 Å². The molecule has 72 valence electrons. The molecule has 0 radical (unpaired) electrons. The maximum atomic E-state index is 13.1. The third-order valence-electron chi connectivity index (χ3n) is 1.82. The zero-order chi connectivity index (χ0) is 9.84. The van der Waals surface area contributed by atoms with Gasteiger partial charge in [0, 0.05) is 12.6 Å². The van der Waals surface area contributed by atoms with Crippen LogP contribution in [0.2, 0.25) is 0 Å². The molecule has 0 aliphatic carbocycles. The highest BCUT2D eigenvalue weighted by Gasteiger charge is 2.11. The molecule has 0 heterocycles. The Kier molecular flexibility index (Phi) is 4.08. The molecule has 1 atom stereocenters. The maximum absolute atomic E-state index is 13.1. The predicted octanol–water partition coefficient (Wildman–Crippen LogP) is 1.81. The smallest absolute Gasteiger partial charge is 0.136 e. The third-order valence-corrected chi connectivity index (χ3v) is 2.96. The zero-order valence-corrected chi connectivity index (χ0v) is 9.16. The molecule has 0 saturated heterocycles. The Morgan fingerprint density at radius 1 is 1.54 bits per heavy atom. The predicted molar refractivity (Wildman–Crippen MR) is 57.7 cm³/mol. The van der Waals surface area contributed by atoms with Crippen molar-refractivity contribution in [2.24, 2.45) is 5.73 Å². The fourth-order valence-electron chi connectivity index (χ4n) is 1.10. The minimum Gasteiger partial charge on any atom is -0.396 e. The third kappa shape index (κ3) is 2.62. The van der Waals surface area contributed by atoms with Gasteiger partial charge in [-0.3, -0.25) is 0 Å². The van der Waals surface area contributed by atoms with Crippen LogP contribution in [0.1, 0.15) is 18.0 Å². The fraction of sp³-hybridized carbons (Fsp3) is 0.333. The van der Waals surface area contributed by atoms with Crippen molar-refractivity contribution in [3.63, 3.8) is 0 Å². The summed E-state index contributed by atoms with van der Waals surface area (Å²) in [7, 11) is 0. The molecular formula is C9H11FINO. The minimum absolute atomic E-state index is 0.0216. The standard InChI is InChI=1S/C9H11FINO/c10-7-3-1-2-6(9(7)11)8(12)4-5-13/h1-3,8,13H,4-5,12H2/t8-/m1/s1. The van der Waals surface area contributed by atoms with E-state index < -0.39 is 0 Å². The average Bonchev–Trinajstić information content (AvgIpc) is 2.10. The Bertz CT molecular complexity index is 293. The van der Waals surface area contributed by atoms with E-state index in [4.69, 9.17) is 10.8 Å². The highest BCUT2D eigenvalue weighted by Crippen LogP contribution is 2.22. The molecule has 1 aromatic carbocycles. The molecule has 0 spiro atoms. The van der Waals surface area contributed by atoms with Crippen molar-refractivity contribution in [2.75, 3.05) is 6.61 Å². The van der Waals surface area contributed by atoms with Crippen LogP contribution in [0, 0.1) is 9.39 Å².